The SMILES string of the molecule is O=C(Cc1cc(O)ccc1OCc1ccccc1)N1CCC(C(F)(F)F)CC1. The highest BCUT2D eigenvalue weighted by Crippen LogP contribution is 2.34. The van der Waals surface area contributed by atoms with Crippen LogP contribution in [0.3, 0.4) is 0 Å². The quantitative estimate of drug-likeness (QED) is 0.823. The number of phenols is 1. The molecule has 0 aliphatic carbocycles. The van der Waals surface area contributed by atoms with Gasteiger partial charge in [0.1, 0.15) is 18.1 Å². The number of carbonyl (C=O) groups excluding carboxylic acids is 1. The Balaban J connectivity index is 1.63. The van der Waals surface area contributed by atoms with Gasteiger partial charge in [0.15, 0.2) is 0 Å². The smallest absolute Gasteiger partial charge is 0.391 e. The Bertz CT molecular complexity index is 800. The molecule has 1 aliphatic rings. The Kier molecular flexibility index (Phi) is 6.11. The maximum atomic E-state index is 12.8. The van der Waals surface area contributed by atoms with Crippen molar-refractivity contribution in [3.8, 4) is 11.5 Å². The molecule has 150 valence electrons. The number of hydrogen-bond acceptors (Lipinski definition) is 3. The van der Waals surface area contributed by atoms with E-state index in [0.717, 1.165) is 5.56 Å². The minimum atomic E-state index is -4.21. The maximum absolute atomic E-state index is 12.8. The van der Waals surface area contributed by atoms with Crippen molar-refractivity contribution in [3.05, 3.63) is 59.7 Å². The number of likely N-dealkylation sites (tertiary alicyclic amines) is 1. The van der Waals surface area contributed by atoms with Crippen molar-refractivity contribution in [2.24, 2.45) is 5.92 Å². The molecule has 0 spiro atoms. The van der Waals surface area contributed by atoms with Gasteiger partial charge in [0.2, 0.25) is 5.91 Å². The van der Waals surface area contributed by atoms with Crippen LogP contribution >= 0.6 is 0 Å². The average molecular weight is 393 g/mol. The van der Waals surface area contributed by atoms with E-state index in [4.69, 9.17) is 4.74 Å². The van der Waals surface area contributed by atoms with Gasteiger partial charge in [0.05, 0.1) is 12.3 Å². The Morgan fingerprint density at radius 2 is 1.79 bits per heavy atom. The van der Waals surface area contributed by atoms with Crippen LogP contribution in [0.25, 0.3) is 0 Å². The average Bonchev–Trinajstić information content (AvgIpc) is 2.67. The van der Waals surface area contributed by atoms with Gasteiger partial charge in [-0.3, -0.25) is 4.79 Å². The van der Waals surface area contributed by atoms with E-state index in [0.29, 0.717) is 17.9 Å². The molecule has 28 heavy (non-hydrogen) atoms. The summed E-state index contributed by atoms with van der Waals surface area (Å²) in [6.45, 7) is 0.480. The first kappa shape index (κ1) is 20.0. The molecule has 2 aromatic carbocycles. The molecule has 1 fully saturated rings. The van der Waals surface area contributed by atoms with Crippen LogP contribution in [0.4, 0.5) is 13.2 Å². The van der Waals surface area contributed by atoms with Gasteiger partial charge in [0.25, 0.3) is 0 Å². The summed E-state index contributed by atoms with van der Waals surface area (Å²) in [5.41, 5.74) is 1.47. The molecule has 0 aromatic heterocycles. The highest BCUT2D eigenvalue weighted by molar-refractivity contribution is 5.79. The first-order chi connectivity index (χ1) is 13.3. The van der Waals surface area contributed by atoms with E-state index in [1.165, 1.54) is 17.0 Å². The molecule has 1 heterocycles. The van der Waals surface area contributed by atoms with E-state index < -0.39 is 12.1 Å². The number of amides is 1. The minimum absolute atomic E-state index is 0.00522. The van der Waals surface area contributed by atoms with Crippen molar-refractivity contribution >= 4 is 5.91 Å². The fourth-order valence-corrected chi connectivity index (χ4v) is 3.31. The number of ether oxygens (including phenoxy) is 1. The van der Waals surface area contributed by atoms with E-state index >= 15 is 0 Å². The first-order valence-electron chi connectivity index (χ1n) is 9.16. The van der Waals surface area contributed by atoms with Crippen molar-refractivity contribution < 1.29 is 27.8 Å². The summed E-state index contributed by atoms with van der Waals surface area (Å²) in [7, 11) is 0. The third kappa shape index (κ3) is 5.18. The number of benzene rings is 2. The lowest BCUT2D eigenvalue weighted by Crippen LogP contribution is -2.42. The van der Waals surface area contributed by atoms with Crippen molar-refractivity contribution in [1.29, 1.82) is 0 Å². The topological polar surface area (TPSA) is 49.8 Å². The molecule has 0 unspecified atom stereocenters. The van der Waals surface area contributed by atoms with Crippen LogP contribution in [0.15, 0.2) is 48.5 Å². The Morgan fingerprint density at radius 1 is 1.11 bits per heavy atom. The summed E-state index contributed by atoms with van der Waals surface area (Å²) in [6.07, 6.45) is -4.40. The minimum Gasteiger partial charge on any atom is -0.508 e. The molecule has 0 bridgehead atoms. The Labute approximate surface area is 161 Å². The monoisotopic (exact) mass is 393 g/mol. The standard InChI is InChI=1S/C21H22F3NO3/c22-21(23,24)17-8-10-25(11-9-17)20(27)13-16-12-18(26)6-7-19(16)28-14-15-4-2-1-3-5-15/h1-7,12,17,26H,8-11,13-14H2. The second-order valence-corrected chi connectivity index (χ2v) is 6.94. The van der Waals surface area contributed by atoms with Gasteiger partial charge in [-0.15, -0.1) is 0 Å². The van der Waals surface area contributed by atoms with Gasteiger partial charge in [-0.2, -0.15) is 13.2 Å². The number of piperidine rings is 1. The number of aromatic hydroxyl groups is 1. The number of alkyl halides is 3. The molecule has 7 heteroatoms. The second-order valence-electron chi connectivity index (χ2n) is 6.94. The van der Waals surface area contributed by atoms with E-state index in [-0.39, 0.29) is 44.0 Å². The van der Waals surface area contributed by atoms with Gasteiger partial charge < -0.3 is 14.7 Å². The highest BCUT2D eigenvalue weighted by atomic mass is 19.4. The molecule has 1 N–H and O–H groups in total. The summed E-state index contributed by atoms with van der Waals surface area (Å²) >= 11 is 0. The van der Waals surface area contributed by atoms with Crippen molar-refractivity contribution in [2.45, 2.75) is 32.0 Å². The number of hydrogen-bond donors (Lipinski definition) is 1. The molecule has 2 aromatic rings. The molecule has 3 rings (SSSR count). The largest absolute Gasteiger partial charge is 0.508 e. The van der Waals surface area contributed by atoms with Crippen LogP contribution in [0.1, 0.15) is 24.0 Å². The molecular weight excluding hydrogens is 371 g/mol. The number of halogens is 3. The molecule has 1 saturated heterocycles. The lowest BCUT2D eigenvalue weighted by Gasteiger charge is -2.33. The number of phenolic OH excluding ortho intramolecular Hbond substituents is 1. The van der Waals surface area contributed by atoms with Crippen LogP contribution in [0.2, 0.25) is 0 Å². The fraction of sp³-hybridized carbons (Fsp3) is 0.381. The van der Waals surface area contributed by atoms with E-state index in [1.54, 1.807) is 6.07 Å². The van der Waals surface area contributed by atoms with Crippen LogP contribution in [0.5, 0.6) is 11.5 Å². The van der Waals surface area contributed by atoms with Gasteiger partial charge in [0, 0.05) is 18.7 Å². The van der Waals surface area contributed by atoms with Gasteiger partial charge >= 0.3 is 6.18 Å². The fourth-order valence-electron chi connectivity index (χ4n) is 3.31. The zero-order valence-corrected chi connectivity index (χ0v) is 15.3. The van der Waals surface area contributed by atoms with Gasteiger partial charge in [-0.05, 0) is 36.6 Å². The van der Waals surface area contributed by atoms with Crippen LogP contribution in [0, 0.1) is 5.92 Å². The van der Waals surface area contributed by atoms with E-state index in [1.807, 2.05) is 30.3 Å². The molecule has 0 radical (unpaired) electrons. The molecule has 0 saturated carbocycles. The summed E-state index contributed by atoms with van der Waals surface area (Å²) < 4.78 is 44.2. The third-order valence-corrected chi connectivity index (χ3v) is 4.93. The van der Waals surface area contributed by atoms with Crippen molar-refractivity contribution in [1.82, 2.24) is 4.90 Å². The number of nitrogens with zero attached hydrogens (tertiary/aromatic N) is 1. The molecule has 1 amide bonds. The second kappa shape index (κ2) is 8.54. The Hall–Kier alpha value is -2.70. The maximum Gasteiger partial charge on any atom is 0.391 e. The van der Waals surface area contributed by atoms with E-state index in [9.17, 15) is 23.1 Å². The third-order valence-electron chi connectivity index (χ3n) is 4.93. The van der Waals surface area contributed by atoms with Gasteiger partial charge in [-0.1, -0.05) is 30.3 Å². The van der Waals surface area contributed by atoms with E-state index in [2.05, 4.69) is 0 Å². The lowest BCUT2D eigenvalue weighted by molar-refractivity contribution is -0.186. The lowest BCUT2D eigenvalue weighted by atomic mass is 9.96. The molecule has 1 aliphatic heterocycles. The highest BCUT2D eigenvalue weighted by Gasteiger charge is 2.41. The van der Waals surface area contributed by atoms with Crippen molar-refractivity contribution in [3.63, 3.8) is 0 Å². The normalized spacial score (nSPS) is 15.5. The van der Waals surface area contributed by atoms with Gasteiger partial charge in [-0.25, -0.2) is 0 Å². The van der Waals surface area contributed by atoms with Crippen LogP contribution in [-0.4, -0.2) is 35.2 Å². The summed E-state index contributed by atoms with van der Waals surface area (Å²) in [6, 6.07) is 14.0. The van der Waals surface area contributed by atoms with Crippen LogP contribution in [-0.2, 0) is 17.8 Å². The zero-order valence-electron chi connectivity index (χ0n) is 15.3. The summed E-state index contributed by atoms with van der Waals surface area (Å²) in [5.74, 6) is -1.14. The number of rotatable bonds is 5. The van der Waals surface area contributed by atoms with Crippen molar-refractivity contribution in [2.75, 3.05) is 13.1 Å². The molecular formula is C21H22F3NO3. The summed E-state index contributed by atoms with van der Waals surface area (Å²) in [5, 5.41) is 9.76. The summed E-state index contributed by atoms with van der Waals surface area (Å²) in [4.78, 5) is 14.0. The van der Waals surface area contributed by atoms with Crippen LogP contribution < -0.4 is 4.74 Å². The predicted octanol–water partition coefficient (Wildman–Crippen LogP) is 4.31. The molecule has 0 atom stereocenters. The first-order valence-corrected chi connectivity index (χ1v) is 9.16. The zero-order chi connectivity index (χ0) is 20.1. The molecule has 4 nitrogen and oxygen atoms in total. The predicted molar refractivity (Wildman–Crippen MR) is 97.9 cm³/mol. The number of carbonyl (C=O) groups is 1. The Morgan fingerprint density at radius 3 is 2.43 bits per heavy atom.